The van der Waals surface area contributed by atoms with Crippen LogP contribution in [-0.2, 0) is 9.63 Å². The molecule has 0 spiro atoms. The van der Waals surface area contributed by atoms with E-state index < -0.39 is 5.97 Å². The normalized spacial score (nSPS) is 17.7. The lowest BCUT2D eigenvalue weighted by atomic mass is 10.7. The molecule has 0 aliphatic carbocycles. The summed E-state index contributed by atoms with van der Waals surface area (Å²) in [7, 11) is 0. The maximum atomic E-state index is 10.7. The highest BCUT2D eigenvalue weighted by Gasteiger charge is 2.23. The number of hydrogen-bond acceptors (Lipinski definition) is 4. The maximum Gasteiger partial charge on any atom is 0.329 e. The zero-order chi connectivity index (χ0) is 7.56. The summed E-state index contributed by atoms with van der Waals surface area (Å²) in [5.41, 5.74) is 0. The fourth-order valence-corrected chi connectivity index (χ4v) is 1.32. The number of rotatable bonds is 1. The van der Waals surface area contributed by atoms with Crippen molar-refractivity contribution in [2.45, 2.75) is 6.92 Å². The van der Waals surface area contributed by atoms with Crippen molar-refractivity contribution in [2.75, 3.05) is 12.3 Å². The van der Waals surface area contributed by atoms with Gasteiger partial charge in [-0.2, -0.15) is 5.06 Å². The van der Waals surface area contributed by atoms with Gasteiger partial charge in [-0.1, -0.05) is 11.8 Å². The van der Waals surface area contributed by atoms with Crippen LogP contribution in [0.4, 0.5) is 4.79 Å². The number of carbonyl (C=O) groups is 2. The van der Waals surface area contributed by atoms with E-state index in [2.05, 4.69) is 4.84 Å². The zero-order valence-electron chi connectivity index (χ0n) is 5.49. The molecule has 0 aromatic carbocycles. The average Bonchev–Trinajstić information content (AvgIpc) is 2.15. The van der Waals surface area contributed by atoms with Crippen molar-refractivity contribution in [3.8, 4) is 0 Å². The van der Waals surface area contributed by atoms with Crippen LogP contribution in [0.1, 0.15) is 6.92 Å². The van der Waals surface area contributed by atoms with Gasteiger partial charge in [0.1, 0.15) is 0 Å². The number of hydroxylamine groups is 2. The van der Waals surface area contributed by atoms with Crippen LogP contribution in [-0.4, -0.2) is 28.6 Å². The predicted octanol–water partition coefficient (Wildman–Crippen LogP) is 0.633. The molecule has 1 aliphatic rings. The molecule has 1 rings (SSSR count). The molecule has 1 fully saturated rings. The molecule has 1 saturated heterocycles. The maximum absolute atomic E-state index is 10.7. The highest BCUT2D eigenvalue weighted by molar-refractivity contribution is 8.13. The van der Waals surface area contributed by atoms with Crippen molar-refractivity contribution in [1.82, 2.24) is 5.06 Å². The van der Waals surface area contributed by atoms with Crippen LogP contribution in [0.2, 0.25) is 0 Å². The Bertz CT molecular complexity index is 170. The molecule has 1 heterocycles. The second kappa shape index (κ2) is 2.92. The fourth-order valence-electron chi connectivity index (χ4n) is 0.617. The van der Waals surface area contributed by atoms with Gasteiger partial charge in [0.15, 0.2) is 0 Å². The number of amides is 1. The molecule has 0 atom stereocenters. The topological polar surface area (TPSA) is 46.6 Å². The molecule has 56 valence electrons. The van der Waals surface area contributed by atoms with Crippen molar-refractivity contribution >= 4 is 23.0 Å². The number of nitrogens with zero attached hydrogens (tertiary/aromatic N) is 1. The lowest BCUT2D eigenvalue weighted by molar-refractivity contribution is -0.170. The Morgan fingerprint density at radius 3 is 2.90 bits per heavy atom. The van der Waals surface area contributed by atoms with Gasteiger partial charge in [-0.25, -0.2) is 0 Å². The number of carbonyl (C=O) groups excluding carboxylic acids is 2. The third-order valence-corrected chi connectivity index (χ3v) is 1.80. The quantitative estimate of drug-likeness (QED) is 0.566. The molecule has 1 aliphatic heterocycles. The Morgan fingerprint density at radius 2 is 2.50 bits per heavy atom. The minimum absolute atomic E-state index is 0.185. The third-order valence-electron chi connectivity index (χ3n) is 0.962. The molecule has 0 saturated carbocycles. The molecular formula is C5H7NO3S. The van der Waals surface area contributed by atoms with Gasteiger partial charge in [0.05, 0.1) is 6.54 Å². The second-order valence-electron chi connectivity index (χ2n) is 1.80. The first-order valence-electron chi connectivity index (χ1n) is 2.83. The first kappa shape index (κ1) is 7.40. The van der Waals surface area contributed by atoms with Gasteiger partial charge in [0.25, 0.3) is 0 Å². The van der Waals surface area contributed by atoms with Gasteiger partial charge in [0.2, 0.25) is 0 Å². The zero-order valence-corrected chi connectivity index (χ0v) is 6.31. The molecule has 5 heteroatoms. The SMILES string of the molecule is CC(=O)ON1CCSC1=O. The molecule has 10 heavy (non-hydrogen) atoms. The standard InChI is InChI=1S/C5H7NO3S/c1-4(7)9-6-2-3-10-5(6)8/h2-3H2,1H3. The molecule has 1 amide bonds. The van der Waals surface area contributed by atoms with E-state index in [0.717, 1.165) is 16.8 Å². The van der Waals surface area contributed by atoms with Gasteiger partial charge < -0.3 is 4.84 Å². The highest BCUT2D eigenvalue weighted by Crippen LogP contribution is 2.16. The Kier molecular flexibility index (Phi) is 2.16. The van der Waals surface area contributed by atoms with Crippen LogP contribution < -0.4 is 0 Å². The van der Waals surface area contributed by atoms with Crippen molar-refractivity contribution < 1.29 is 14.4 Å². The van der Waals surface area contributed by atoms with Crippen LogP contribution >= 0.6 is 11.8 Å². The van der Waals surface area contributed by atoms with Gasteiger partial charge in [-0.05, 0) is 0 Å². The van der Waals surface area contributed by atoms with Gasteiger partial charge in [0, 0.05) is 12.7 Å². The van der Waals surface area contributed by atoms with Gasteiger partial charge in [-0.15, -0.1) is 0 Å². The predicted molar refractivity (Wildman–Crippen MR) is 36.3 cm³/mol. The molecule has 0 radical (unpaired) electrons. The van der Waals surface area contributed by atoms with E-state index >= 15 is 0 Å². The molecule has 0 aromatic heterocycles. The molecule has 4 nitrogen and oxygen atoms in total. The van der Waals surface area contributed by atoms with E-state index in [0.29, 0.717) is 12.3 Å². The van der Waals surface area contributed by atoms with Crippen LogP contribution in [0.25, 0.3) is 0 Å². The third kappa shape index (κ3) is 1.63. The van der Waals surface area contributed by atoms with Crippen LogP contribution in [0, 0.1) is 0 Å². The smallest absolute Gasteiger partial charge is 0.329 e. The summed E-state index contributed by atoms with van der Waals surface area (Å²) in [6, 6.07) is 0. The largest absolute Gasteiger partial charge is 0.338 e. The Hall–Kier alpha value is -0.710. The summed E-state index contributed by atoms with van der Waals surface area (Å²) in [5.74, 6) is 0.252. The molecule has 0 bridgehead atoms. The molecular weight excluding hydrogens is 154 g/mol. The van der Waals surface area contributed by atoms with Crippen LogP contribution in [0.15, 0.2) is 0 Å². The lowest BCUT2D eigenvalue weighted by Crippen LogP contribution is -2.25. The van der Waals surface area contributed by atoms with Crippen LogP contribution in [0.3, 0.4) is 0 Å². The summed E-state index contributed by atoms with van der Waals surface area (Å²) in [6.07, 6.45) is 0. The summed E-state index contributed by atoms with van der Waals surface area (Å²) >= 11 is 1.16. The fraction of sp³-hybridized carbons (Fsp3) is 0.600. The lowest BCUT2D eigenvalue weighted by Gasteiger charge is -2.10. The molecule has 0 aromatic rings. The molecule has 0 unspecified atom stereocenters. The number of hydrogen-bond donors (Lipinski definition) is 0. The summed E-state index contributed by atoms with van der Waals surface area (Å²) in [6.45, 7) is 1.78. The van der Waals surface area contributed by atoms with Gasteiger partial charge in [-0.3, -0.25) is 9.59 Å². The highest BCUT2D eigenvalue weighted by atomic mass is 32.2. The van der Waals surface area contributed by atoms with E-state index in [4.69, 9.17) is 0 Å². The number of thioether (sulfide) groups is 1. The monoisotopic (exact) mass is 161 g/mol. The molecule has 0 N–H and O–H groups in total. The second-order valence-corrected chi connectivity index (χ2v) is 2.85. The summed E-state index contributed by atoms with van der Waals surface area (Å²) in [4.78, 5) is 25.6. The minimum atomic E-state index is -0.448. The van der Waals surface area contributed by atoms with Crippen molar-refractivity contribution in [3.05, 3.63) is 0 Å². The minimum Gasteiger partial charge on any atom is -0.338 e. The average molecular weight is 161 g/mol. The van der Waals surface area contributed by atoms with Crippen molar-refractivity contribution in [1.29, 1.82) is 0 Å². The Labute approximate surface area is 62.5 Å². The Balaban J connectivity index is 2.40. The van der Waals surface area contributed by atoms with Gasteiger partial charge >= 0.3 is 11.2 Å². The van der Waals surface area contributed by atoms with E-state index in [1.54, 1.807) is 0 Å². The first-order chi connectivity index (χ1) is 4.70. The van der Waals surface area contributed by atoms with E-state index in [-0.39, 0.29) is 5.24 Å². The summed E-state index contributed by atoms with van der Waals surface area (Å²) in [5, 5.41) is 0.891. The van der Waals surface area contributed by atoms with E-state index in [1.807, 2.05) is 0 Å². The van der Waals surface area contributed by atoms with Crippen LogP contribution in [0.5, 0.6) is 0 Å². The Morgan fingerprint density at radius 1 is 1.80 bits per heavy atom. The first-order valence-corrected chi connectivity index (χ1v) is 3.81. The van der Waals surface area contributed by atoms with E-state index in [9.17, 15) is 9.59 Å². The van der Waals surface area contributed by atoms with E-state index in [1.165, 1.54) is 6.92 Å². The van der Waals surface area contributed by atoms with Crippen molar-refractivity contribution in [3.63, 3.8) is 0 Å². The van der Waals surface area contributed by atoms with Crippen molar-refractivity contribution in [2.24, 2.45) is 0 Å². The summed E-state index contributed by atoms with van der Waals surface area (Å²) < 4.78 is 0.